The highest BCUT2D eigenvalue weighted by Gasteiger charge is 2.52. The Morgan fingerprint density at radius 1 is 1.08 bits per heavy atom. The molecule has 1 aliphatic rings. The van der Waals surface area contributed by atoms with Gasteiger partial charge >= 0.3 is 0 Å². The molecule has 0 aromatic heterocycles. The number of benzene rings is 2. The van der Waals surface area contributed by atoms with Gasteiger partial charge in [0.2, 0.25) is 0 Å². The molecule has 5 heteroatoms. The lowest BCUT2D eigenvalue weighted by Gasteiger charge is -2.37. The fraction of sp³-hybridized carbons (Fsp3) is 0.300. The Labute approximate surface area is 148 Å². The van der Waals surface area contributed by atoms with Crippen molar-refractivity contribution < 1.29 is 4.79 Å². The van der Waals surface area contributed by atoms with Gasteiger partial charge in [-0.3, -0.25) is 9.80 Å². The largest absolute Gasteiger partial charge is 0.290 e. The summed E-state index contributed by atoms with van der Waals surface area (Å²) in [6.07, 6.45) is 1.50. The third-order valence-corrected chi connectivity index (χ3v) is 4.94. The van der Waals surface area contributed by atoms with Crippen LogP contribution in [0.4, 0.5) is 11.4 Å². The SMILES string of the molecule is CCc1ccc(N2N=C(C)C(CC)(N(N)c3ccccc3)C2=O)cc1. The predicted molar refractivity (Wildman–Crippen MR) is 103 cm³/mol. The van der Waals surface area contributed by atoms with Gasteiger partial charge in [-0.1, -0.05) is 44.2 Å². The van der Waals surface area contributed by atoms with Crippen LogP contribution in [0.1, 0.15) is 32.8 Å². The molecule has 1 amide bonds. The number of amides is 1. The smallest absolute Gasteiger partial charge is 0.280 e. The molecule has 1 unspecified atom stereocenters. The number of rotatable bonds is 5. The van der Waals surface area contributed by atoms with Gasteiger partial charge in [0.15, 0.2) is 5.54 Å². The Bertz CT molecular complexity index is 785. The normalized spacial score (nSPS) is 19.9. The number of nitrogens with two attached hydrogens (primary N) is 1. The van der Waals surface area contributed by atoms with Crippen LogP contribution in [-0.4, -0.2) is 17.2 Å². The molecule has 0 saturated heterocycles. The maximum Gasteiger partial charge on any atom is 0.280 e. The zero-order valence-corrected chi connectivity index (χ0v) is 14.9. The molecule has 1 atom stereocenters. The molecule has 2 N–H and O–H groups in total. The summed E-state index contributed by atoms with van der Waals surface area (Å²) in [6, 6.07) is 17.5. The number of hydrogen-bond acceptors (Lipinski definition) is 4. The molecular formula is C20H24N4O. The molecule has 3 rings (SSSR count). The molecule has 0 aliphatic carbocycles. The van der Waals surface area contributed by atoms with Gasteiger partial charge in [0.1, 0.15) is 0 Å². The van der Waals surface area contributed by atoms with Crippen molar-refractivity contribution in [3.63, 3.8) is 0 Å². The summed E-state index contributed by atoms with van der Waals surface area (Å²) in [4.78, 5) is 13.3. The van der Waals surface area contributed by atoms with Gasteiger partial charge in [0.05, 0.1) is 17.1 Å². The number of aryl methyl sites for hydroxylation is 1. The number of hydrazine groups is 1. The van der Waals surface area contributed by atoms with Crippen molar-refractivity contribution in [3.05, 3.63) is 60.2 Å². The number of carbonyl (C=O) groups is 1. The quantitative estimate of drug-likeness (QED) is 0.671. The van der Waals surface area contributed by atoms with Crippen LogP contribution in [0.5, 0.6) is 0 Å². The Hall–Kier alpha value is -2.66. The predicted octanol–water partition coefficient (Wildman–Crippen LogP) is 3.50. The van der Waals surface area contributed by atoms with E-state index in [4.69, 9.17) is 5.84 Å². The van der Waals surface area contributed by atoms with E-state index in [2.05, 4.69) is 12.0 Å². The minimum atomic E-state index is -0.967. The van der Waals surface area contributed by atoms with E-state index in [1.807, 2.05) is 68.4 Å². The maximum atomic E-state index is 13.3. The lowest BCUT2D eigenvalue weighted by atomic mass is 9.89. The van der Waals surface area contributed by atoms with Crippen molar-refractivity contribution in [2.45, 2.75) is 39.2 Å². The first-order chi connectivity index (χ1) is 12.0. The Balaban J connectivity index is 1.99. The highest BCUT2D eigenvalue weighted by atomic mass is 16.2. The van der Waals surface area contributed by atoms with Crippen LogP contribution in [0.15, 0.2) is 59.7 Å². The maximum absolute atomic E-state index is 13.3. The zero-order chi connectivity index (χ0) is 18.0. The number of hydrogen-bond donors (Lipinski definition) is 1. The second-order valence-corrected chi connectivity index (χ2v) is 6.24. The van der Waals surface area contributed by atoms with Gasteiger partial charge in [0, 0.05) is 0 Å². The van der Waals surface area contributed by atoms with Crippen molar-refractivity contribution in [1.29, 1.82) is 0 Å². The summed E-state index contributed by atoms with van der Waals surface area (Å²) in [5.74, 6) is 6.30. The first-order valence-corrected chi connectivity index (χ1v) is 8.63. The standard InChI is InChI=1S/C20H24N4O/c1-4-16-11-13-17(14-12-16)23-19(25)20(5-2,15(3)22-23)24(21)18-9-7-6-8-10-18/h6-14H,4-5,21H2,1-3H3. The molecule has 0 bridgehead atoms. The summed E-state index contributed by atoms with van der Waals surface area (Å²) >= 11 is 0. The summed E-state index contributed by atoms with van der Waals surface area (Å²) in [5, 5.41) is 7.57. The second kappa shape index (κ2) is 6.69. The Morgan fingerprint density at radius 3 is 2.28 bits per heavy atom. The minimum absolute atomic E-state index is 0.122. The van der Waals surface area contributed by atoms with Crippen LogP contribution < -0.4 is 15.9 Å². The van der Waals surface area contributed by atoms with E-state index in [0.717, 1.165) is 17.8 Å². The zero-order valence-electron chi connectivity index (χ0n) is 14.9. The molecular weight excluding hydrogens is 312 g/mol. The summed E-state index contributed by atoms with van der Waals surface area (Å²) in [7, 11) is 0. The van der Waals surface area contributed by atoms with Crippen molar-refractivity contribution in [1.82, 2.24) is 0 Å². The highest BCUT2D eigenvalue weighted by molar-refractivity contribution is 6.24. The van der Waals surface area contributed by atoms with Crippen LogP contribution in [-0.2, 0) is 11.2 Å². The average Bonchev–Trinajstić information content (AvgIpc) is 2.93. The van der Waals surface area contributed by atoms with Gasteiger partial charge in [-0.2, -0.15) is 10.1 Å². The van der Waals surface area contributed by atoms with E-state index in [9.17, 15) is 4.79 Å². The van der Waals surface area contributed by atoms with Gasteiger partial charge in [0.25, 0.3) is 5.91 Å². The van der Waals surface area contributed by atoms with Crippen molar-refractivity contribution >= 4 is 23.0 Å². The minimum Gasteiger partial charge on any atom is -0.290 e. The van der Waals surface area contributed by atoms with Crippen molar-refractivity contribution in [3.8, 4) is 0 Å². The third-order valence-electron chi connectivity index (χ3n) is 4.94. The third kappa shape index (κ3) is 2.70. The Kier molecular flexibility index (Phi) is 4.59. The highest BCUT2D eigenvalue weighted by Crippen LogP contribution is 2.34. The van der Waals surface area contributed by atoms with Gasteiger partial charge in [-0.15, -0.1) is 0 Å². The van der Waals surface area contributed by atoms with E-state index >= 15 is 0 Å². The van der Waals surface area contributed by atoms with Gasteiger partial charge < -0.3 is 0 Å². The number of anilines is 2. The van der Waals surface area contributed by atoms with Crippen molar-refractivity contribution in [2.24, 2.45) is 10.9 Å². The first-order valence-electron chi connectivity index (χ1n) is 8.63. The van der Waals surface area contributed by atoms with Crippen LogP contribution in [0.3, 0.4) is 0 Å². The number of para-hydroxylation sites is 1. The molecule has 0 radical (unpaired) electrons. The molecule has 0 saturated carbocycles. The molecule has 0 spiro atoms. The molecule has 0 fully saturated rings. The fourth-order valence-corrected chi connectivity index (χ4v) is 3.32. The number of nitrogens with zero attached hydrogens (tertiary/aromatic N) is 3. The van der Waals surface area contributed by atoms with E-state index in [0.29, 0.717) is 12.1 Å². The van der Waals surface area contributed by atoms with E-state index < -0.39 is 5.54 Å². The van der Waals surface area contributed by atoms with Gasteiger partial charge in [-0.25, -0.2) is 5.84 Å². The van der Waals surface area contributed by atoms with Crippen molar-refractivity contribution in [2.75, 3.05) is 10.0 Å². The molecule has 1 heterocycles. The van der Waals surface area contributed by atoms with E-state index in [-0.39, 0.29) is 5.91 Å². The van der Waals surface area contributed by atoms with Crippen LogP contribution in [0, 0.1) is 0 Å². The van der Waals surface area contributed by atoms with E-state index in [1.54, 1.807) is 5.01 Å². The lowest BCUT2D eigenvalue weighted by molar-refractivity contribution is -0.121. The van der Waals surface area contributed by atoms with E-state index in [1.165, 1.54) is 10.6 Å². The molecule has 1 aliphatic heterocycles. The molecule has 25 heavy (non-hydrogen) atoms. The molecule has 2 aromatic rings. The first kappa shape index (κ1) is 17.2. The second-order valence-electron chi connectivity index (χ2n) is 6.24. The lowest BCUT2D eigenvalue weighted by Crippen LogP contribution is -2.62. The summed E-state index contributed by atoms with van der Waals surface area (Å²) in [5.41, 5.74) is 2.51. The molecule has 130 valence electrons. The summed E-state index contributed by atoms with van der Waals surface area (Å²) in [6.45, 7) is 5.93. The van der Waals surface area contributed by atoms with Gasteiger partial charge in [-0.05, 0) is 49.6 Å². The molecule has 5 nitrogen and oxygen atoms in total. The number of hydrazone groups is 1. The van der Waals surface area contributed by atoms with Crippen LogP contribution >= 0.6 is 0 Å². The topological polar surface area (TPSA) is 61.9 Å². The van der Waals surface area contributed by atoms with Crippen LogP contribution in [0.2, 0.25) is 0 Å². The average molecular weight is 336 g/mol. The summed E-state index contributed by atoms with van der Waals surface area (Å²) < 4.78 is 0. The Morgan fingerprint density at radius 2 is 1.72 bits per heavy atom. The monoisotopic (exact) mass is 336 g/mol. The van der Waals surface area contributed by atoms with Crippen LogP contribution in [0.25, 0.3) is 0 Å². The number of carbonyl (C=O) groups excluding carboxylic acids is 1. The molecule has 2 aromatic carbocycles. The fourth-order valence-electron chi connectivity index (χ4n) is 3.32.